The Morgan fingerprint density at radius 2 is 1.50 bits per heavy atom. The molecule has 0 aromatic carbocycles. The summed E-state index contributed by atoms with van der Waals surface area (Å²) in [4.78, 5) is 2.56. The van der Waals surface area contributed by atoms with Gasteiger partial charge in [0.05, 0.1) is 13.2 Å². The van der Waals surface area contributed by atoms with Crippen molar-refractivity contribution >= 4 is 0 Å². The molecule has 3 heteroatoms. The van der Waals surface area contributed by atoms with Crippen LogP contribution in [0.15, 0.2) is 0 Å². The molecule has 1 aliphatic rings. The topological polar surface area (TPSA) is 24.5 Å². The molecule has 1 heterocycles. The van der Waals surface area contributed by atoms with Crippen molar-refractivity contribution in [2.24, 2.45) is 11.8 Å². The van der Waals surface area contributed by atoms with E-state index < -0.39 is 0 Å². The molecular weight excluding hydrogens is 248 g/mol. The highest BCUT2D eigenvalue weighted by Gasteiger charge is 2.28. The molecule has 1 saturated heterocycles. The molecule has 0 radical (unpaired) electrons. The smallest absolute Gasteiger partial charge is 0.0594 e. The van der Waals surface area contributed by atoms with E-state index in [1.54, 1.807) is 0 Å². The molecule has 1 rings (SSSR count). The van der Waals surface area contributed by atoms with Crippen LogP contribution in [0, 0.1) is 11.8 Å². The molecule has 1 N–H and O–H groups in total. The van der Waals surface area contributed by atoms with Gasteiger partial charge in [-0.3, -0.25) is 4.90 Å². The standard InChI is InChI=1S/C17H36N2O/c1-14(2)11-16(12-15(3)4)18-13-17(5,6)19-7-9-20-10-8-19/h14-16,18H,7-13H2,1-6H3. The minimum atomic E-state index is 0.218. The Kier molecular flexibility index (Phi) is 7.49. The van der Waals surface area contributed by atoms with Crippen molar-refractivity contribution in [2.75, 3.05) is 32.8 Å². The molecule has 0 aromatic rings. The number of hydrogen-bond donors (Lipinski definition) is 1. The van der Waals surface area contributed by atoms with Crippen LogP contribution in [0.2, 0.25) is 0 Å². The minimum absolute atomic E-state index is 0.218. The lowest BCUT2D eigenvalue weighted by molar-refractivity contribution is -0.0107. The maximum atomic E-state index is 5.46. The highest BCUT2D eigenvalue weighted by Crippen LogP contribution is 2.18. The highest BCUT2D eigenvalue weighted by atomic mass is 16.5. The van der Waals surface area contributed by atoms with Crippen LogP contribution in [-0.4, -0.2) is 49.3 Å². The van der Waals surface area contributed by atoms with E-state index in [9.17, 15) is 0 Å². The van der Waals surface area contributed by atoms with Crippen LogP contribution >= 0.6 is 0 Å². The van der Waals surface area contributed by atoms with Gasteiger partial charge in [-0.15, -0.1) is 0 Å². The summed E-state index contributed by atoms with van der Waals surface area (Å²) in [6, 6.07) is 0.648. The monoisotopic (exact) mass is 284 g/mol. The normalized spacial score (nSPS) is 18.4. The predicted molar refractivity (Wildman–Crippen MR) is 87.2 cm³/mol. The fraction of sp³-hybridized carbons (Fsp3) is 1.00. The van der Waals surface area contributed by atoms with Gasteiger partial charge in [-0.05, 0) is 38.5 Å². The number of nitrogens with zero attached hydrogens (tertiary/aromatic N) is 1. The second kappa shape index (κ2) is 8.35. The van der Waals surface area contributed by atoms with Gasteiger partial charge in [-0.25, -0.2) is 0 Å². The Morgan fingerprint density at radius 3 is 1.95 bits per heavy atom. The Labute approximate surface area is 126 Å². The molecule has 3 nitrogen and oxygen atoms in total. The molecule has 0 bridgehead atoms. The average molecular weight is 284 g/mol. The van der Waals surface area contributed by atoms with Gasteiger partial charge in [0.2, 0.25) is 0 Å². The van der Waals surface area contributed by atoms with E-state index in [0.29, 0.717) is 6.04 Å². The number of ether oxygens (including phenoxy) is 1. The summed E-state index contributed by atoms with van der Waals surface area (Å²) in [5, 5.41) is 3.84. The summed E-state index contributed by atoms with van der Waals surface area (Å²) in [7, 11) is 0. The van der Waals surface area contributed by atoms with Crippen LogP contribution in [0.3, 0.4) is 0 Å². The third-order valence-electron chi connectivity index (χ3n) is 4.20. The zero-order valence-electron chi connectivity index (χ0n) is 14.5. The van der Waals surface area contributed by atoms with Gasteiger partial charge in [-0.2, -0.15) is 0 Å². The molecule has 1 fully saturated rings. The van der Waals surface area contributed by atoms with Gasteiger partial charge in [0.25, 0.3) is 0 Å². The summed E-state index contributed by atoms with van der Waals surface area (Å²) in [6.07, 6.45) is 2.55. The molecule has 0 unspecified atom stereocenters. The van der Waals surface area contributed by atoms with Crippen molar-refractivity contribution < 1.29 is 4.74 Å². The lowest BCUT2D eigenvalue weighted by Crippen LogP contribution is -2.56. The summed E-state index contributed by atoms with van der Waals surface area (Å²) < 4.78 is 5.46. The van der Waals surface area contributed by atoms with Crippen molar-refractivity contribution in [1.29, 1.82) is 0 Å². The molecule has 0 spiro atoms. The first-order valence-corrected chi connectivity index (χ1v) is 8.37. The molecular formula is C17H36N2O. The lowest BCUT2D eigenvalue weighted by atomic mass is 9.94. The molecule has 0 atom stereocenters. The first-order chi connectivity index (χ1) is 9.31. The van der Waals surface area contributed by atoms with Crippen molar-refractivity contribution in [3.05, 3.63) is 0 Å². The lowest BCUT2D eigenvalue weighted by Gasteiger charge is -2.42. The quantitative estimate of drug-likeness (QED) is 0.741. The number of rotatable bonds is 8. The fourth-order valence-corrected chi connectivity index (χ4v) is 3.08. The molecule has 0 aliphatic carbocycles. The molecule has 120 valence electrons. The molecule has 20 heavy (non-hydrogen) atoms. The minimum Gasteiger partial charge on any atom is -0.379 e. The summed E-state index contributed by atoms with van der Waals surface area (Å²) in [5.74, 6) is 1.52. The Balaban J connectivity index is 2.46. The second-order valence-electron chi connectivity index (χ2n) is 7.75. The number of hydrogen-bond acceptors (Lipinski definition) is 3. The molecule has 0 aromatic heterocycles. The Morgan fingerprint density at radius 1 is 1.00 bits per heavy atom. The Hall–Kier alpha value is -0.120. The highest BCUT2D eigenvalue weighted by molar-refractivity contribution is 4.87. The zero-order valence-corrected chi connectivity index (χ0v) is 14.5. The maximum Gasteiger partial charge on any atom is 0.0594 e. The van der Waals surface area contributed by atoms with Crippen LogP contribution in [0.1, 0.15) is 54.4 Å². The van der Waals surface area contributed by atoms with E-state index >= 15 is 0 Å². The SMILES string of the molecule is CC(C)CC(CC(C)C)NCC(C)(C)N1CCOCC1. The molecule has 0 saturated carbocycles. The van der Waals surface area contributed by atoms with Crippen molar-refractivity contribution in [3.8, 4) is 0 Å². The number of morpholine rings is 1. The summed E-state index contributed by atoms with van der Waals surface area (Å²) in [6.45, 7) is 18.9. The van der Waals surface area contributed by atoms with Gasteiger partial charge in [0.15, 0.2) is 0 Å². The van der Waals surface area contributed by atoms with Crippen LogP contribution < -0.4 is 5.32 Å². The Bertz CT molecular complexity index is 248. The third kappa shape index (κ3) is 6.55. The van der Waals surface area contributed by atoms with Crippen molar-refractivity contribution in [2.45, 2.75) is 66.0 Å². The van der Waals surface area contributed by atoms with E-state index in [1.807, 2.05) is 0 Å². The van der Waals surface area contributed by atoms with E-state index in [-0.39, 0.29) is 5.54 Å². The summed E-state index contributed by atoms with van der Waals surface area (Å²) >= 11 is 0. The van der Waals surface area contributed by atoms with Gasteiger partial charge in [0.1, 0.15) is 0 Å². The fourth-order valence-electron chi connectivity index (χ4n) is 3.08. The van der Waals surface area contributed by atoms with Crippen molar-refractivity contribution in [1.82, 2.24) is 10.2 Å². The van der Waals surface area contributed by atoms with Gasteiger partial charge < -0.3 is 10.1 Å². The predicted octanol–water partition coefficient (Wildman–Crippen LogP) is 3.15. The van der Waals surface area contributed by atoms with E-state index in [0.717, 1.165) is 44.7 Å². The average Bonchev–Trinajstić information content (AvgIpc) is 2.36. The zero-order chi connectivity index (χ0) is 15.2. The van der Waals surface area contributed by atoms with Gasteiger partial charge in [-0.1, -0.05) is 27.7 Å². The van der Waals surface area contributed by atoms with Crippen LogP contribution in [-0.2, 0) is 4.74 Å². The van der Waals surface area contributed by atoms with E-state index in [4.69, 9.17) is 4.74 Å². The second-order valence-corrected chi connectivity index (χ2v) is 7.75. The maximum absolute atomic E-state index is 5.46. The van der Waals surface area contributed by atoms with E-state index in [2.05, 4.69) is 51.8 Å². The van der Waals surface area contributed by atoms with Gasteiger partial charge >= 0.3 is 0 Å². The van der Waals surface area contributed by atoms with Gasteiger partial charge in [0, 0.05) is 31.2 Å². The number of nitrogens with one attached hydrogen (secondary N) is 1. The van der Waals surface area contributed by atoms with Crippen molar-refractivity contribution in [3.63, 3.8) is 0 Å². The third-order valence-corrected chi connectivity index (χ3v) is 4.20. The first-order valence-electron chi connectivity index (χ1n) is 8.37. The molecule has 1 aliphatic heterocycles. The van der Waals surface area contributed by atoms with E-state index in [1.165, 1.54) is 12.8 Å². The summed E-state index contributed by atoms with van der Waals surface area (Å²) in [5.41, 5.74) is 0.218. The van der Waals surface area contributed by atoms with Crippen LogP contribution in [0.5, 0.6) is 0 Å². The first kappa shape index (κ1) is 17.9. The molecule has 0 amide bonds. The largest absolute Gasteiger partial charge is 0.379 e. The van der Waals surface area contributed by atoms with Crippen LogP contribution in [0.25, 0.3) is 0 Å². The van der Waals surface area contributed by atoms with Crippen LogP contribution in [0.4, 0.5) is 0 Å².